The number of alkyl halides is 1. The fraction of sp³-hybridized carbons (Fsp3) is 0.667. The molecule has 0 amide bonds. The number of rotatable bonds is 2. The molecule has 0 spiro atoms. The summed E-state index contributed by atoms with van der Waals surface area (Å²) in [6.45, 7) is 9.19. The Morgan fingerprint density at radius 2 is 1.97 bits per heavy atom. The van der Waals surface area contributed by atoms with Gasteiger partial charge in [-0.2, -0.15) is 0 Å². The number of hydrogen-bond acceptors (Lipinski definition) is 4. The van der Waals surface area contributed by atoms with Crippen LogP contribution < -0.4 is 5.63 Å². The number of hydrogen-bond donors (Lipinski definition) is 1. The van der Waals surface area contributed by atoms with Crippen LogP contribution in [-0.4, -0.2) is 29.3 Å². The van der Waals surface area contributed by atoms with Gasteiger partial charge >= 0.3 is 5.63 Å². The predicted octanol–water partition coefficient (Wildman–Crippen LogP) is 5.45. The van der Waals surface area contributed by atoms with Gasteiger partial charge in [0.1, 0.15) is 0 Å². The maximum atomic E-state index is 12.4. The van der Waals surface area contributed by atoms with Gasteiger partial charge in [0.25, 0.3) is 0 Å². The van der Waals surface area contributed by atoms with Gasteiger partial charge in [0.2, 0.25) is 0 Å². The van der Waals surface area contributed by atoms with Gasteiger partial charge in [-0.3, -0.25) is 0 Å². The third kappa shape index (κ3) is 2.72. The molecule has 1 N–H and O–H groups in total. The highest BCUT2D eigenvalue weighted by Gasteiger charge is 2.68. The molecular formula is C27H35ClO4. The molecule has 0 bridgehead atoms. The van der Waals surface area contributed by atoms with Gasteiger partial charge in [-0.05, 0) is 65.6 Å². The van der Waals surface area contributed by atoms with E-state index in [1.807, 2.05) is 6.07 Å². The lowest BCUT2D eigenvalue weighted by Gasteiger charge is -2.61. The quantitative estimate of drug-likeness (QED) is 0.473. The Kier molecular flexibility index (Phi) is 4.96. The largest absolute Gasteiger partial charge is 0.431 e. The zero-order valence-electron chi connectivity index (χ0n) is 19.7. The zero-order chi connectivity index (χ0) is 23.1. The molecule has 174 valence electrons. The summed E-state index contributed by atoms with van der Waals surface area (Å²) >= 11 is 6.96. The molecule has 2 saturated carbocycles. The Bertz CT molecular complexity index is 1020. The van der Waals surface area contributed by atoms with Gasteiger partial charge in [-0.15, -0.1) is 11.6 Å². The lowest BCUT2D eigenvalue weighted by atomic mass is 9.44. The third-order valence-electron chi connectivity index (χ3n) is 9.96. The zero-order valence-corrected chi connectivity index (χ0v) is 20.5. The molecule has 1 heterocycles. The number of allylic oxidation sites excluding steroid dienone is 2. The van der Waals surface area contributed by atoms with Gasteiger partial charge in [-0.1, -0.05) is 45.9 Å². The Morgan fingerprint density at radius 1 is 1.22 bits per heavy atom. The van der Waals surface area contributed by atoms with Crippen molar-refractivity contribution in [1.29, 1.82) is 0 Å². The normalized spacial score (nSPS) is 46.7. The van der Waals surface area contributed by atoms with E-state index >= 15 is 0 Å². The van der Waals surface area contributed by atoms with Crippen molar-refractivity contribution in [3.63, 3.8) is 0 Å². The third-order valence-corrected chi connectivity index (χ3v) is 10.4. The number of aliphatic hydroxyl groups is 1. The van der Waals surface area contributed by atoms with E-state index in [2.05, 4.69) is 45.9 Å². The number of fused-ring (bicyclic) bond motifs is 5. The summed E-state index contributed by atoms with van der Waals surface area (Å²) < 4.78 is 11.0. The molecule has 5 heteroatoms. The Labute approximate surface area is 195 Å². The van der Waals surface area contributed by atoms with Gasteiger partial charge in [0.05, 0.1) is 18.0 Å². The Hall–Kier alpha value is -1.36. The van der Waals surface area contributed by atoms with Crippen molar-refractivity contribution in [2.45, 2.75) is 76.4 Å². The van der Waals surface area contributed by atoms with E-state index in [0.29, 0.717) is 12.3 Å². The lowest BCUT2D eigenvalue weighted by molar-refractivity contribution is -0.105. The first-order valence-corrected chi connectivity index (χ1v) is 12.3. The first kappa shape index (κ1) is 22.4. The molecule has 0 saturated heterocycles. The van der Waals surface area contributed by atoms with Crippen molar-refractivity contribution in [3.05, 3.63) is 58.2 Å². The summed E-state index contributed by atoms with van der Waals surface area (Å²) in [6.07, 6.45) is 11.9. The molecule has 4 aliphatic rings. The fourth-order valence-electron chi connectivity index (χ4n) is 8.27. The molecule has 2 fully saturated rings. The first-order valence-electron chi connectivity index (χ1n) is 11.9. The highest BCUT2D eigenvalue weighted by molar-refractivity contribution is 6.21. The van der Waals surface area contributed by atoms with Crippen LogP contribution in [0.3, 0.4) is 0 Å². The van der Waals surface area contributed by atoms with Crippen molar-refractivity contribution in [2.75, 3.05) is 7.11 Å². The van der Waals surface area contributed by atoms with Crippen molar-refractivity contribution in [2.24, 2.45) is 28.1 Å². The van der Waals surface area contributed by atoms with E-state index < -0.39 is 11.0 Å². The topological polar surface area (TPSA) is 59.7 Å². The average molecular weight is 459 g/mol. The van der Waals surface area contributed by atoms with Gasteiger partial charge in [0.15, 0.2) is 0 Å². The van der Waals surface area contributed by atoms with E-state index in [1.54, 1.807) is 7.11 Å². The second-order valence-electron chi connectivity index (χ2n) is 11.6. The minimum Gasteiger partial charge on any atom is -0.431 e. The molecule has 4 aliphatic carbocycles. The molecular weight excluding hydrogens is 424 g/mol. The Balaban J connectivity index is 1.58. The minimum absolute atomic E-state index is 0.0124. The van der Waals surface area contributed by atoms with Crippen LogP contribution in [0.25, 0.3) is 0 Å². The SMILES string of the molecule is CO[C@H]1C=C[C@]2(C)[C@H]3CC[C@]4(C)[C@@H](c5ccc(=O)oc5)[C@@H](Cl)C[C@]4(O)C3=CC[C@H]2C1(C)C. The van der Waals surface area contributed by atoms with Crippen LogP contribution in [0.15, 0.2) is 51.4 Å². The van der Waals surface area contributed by atoms with E-state index in [9.17, 15) is 9.90 Å². The van der Waals surface area contributed by atoms with Crippen LogP contribution in [0, 0.1) is 28.1 Å². The van der Waals surface area contributed by atoms with E-state index in [-0.39, 0.29) is 39.8 Å². The summed E-state index contributed by atoms with van der Waals surface area (Å²) in [5, 5.41) is 12.1. The molecule has 5 rings (SSSR count). The number of methoxy groups -OCH3 is 1. The van der Waals surface area contributed by atoms with Crippen LogP contribution in [0.2, 0.25) is 0 Å². The minimum atomic E-state index is -0.965. The summed E-state index contributed by atoms with van der Waals surface area (Å²) in [4.78, 5) is 11.5. The standard InChI is InChI=1S/C27H35ClO4/c1-24(2)20-8-7-18-17(25(20,3)12-11-21(24)31-5)10-13-26(4)23(19(28)14-27(18,26)30)16-6-9-22(29)32-15-16/h6-7,9,11-12,15,17,19-21,23,30H,8,10,13-14H2,1-5H3/t17-,19-,20-,21-,23-,25+,26+,27-/m0/s1. The molecule has 0 aromatic carbocycles. The molecule has 32 heavy (non-hydrogen) atoms. The average Bonchev–Trinajstić information content (AvgIpc) is 2.94. The maximum absolute atomic E-state index is 12.4. The number of halogens is 1. The van der Waals surface area contributed by atoms with Gasteiger partial charge in [0, 0.05) is 29.9 Å². The first-order chi connectivity index (χ1) is 15.0. The summed E-state index contributed by atoms with van der Waals surface area (Å²) in [6, 6.07) is 3.27. The molecule has 4 nitrogen and oxygen atoms in total. The second kappa shape index (κ2) is 7.07. The van der Waals surface area contributed by atoms with Crippen LogP contribution in [-0.2, 0) is 4.74 Å². The second-order valence-corrected chi connectivity index (χ2v) is 12.2. The predicted molar refractivity (Wildman–Crippen MR) is 126 cm³/mol. The van der Waals surface area contributed by atoms with Crippen LogP contribution in [0.5, 0.6) is 0 Å². The smallest absolute Gasteiger partial charge is 0.335 e. The van der Waals surface area contributed by atoms with Crippen molar-refractivity contribution < 1.29 is 14.3 Å². The molecule has 0 radical (unpaired) electrons. The molecule has 8 atom stereocenters. The van der Waals surface area contributed by atoms with Crippen LogP contribution in [0.1, 0.15) is 64.9 Å². The van der Waals surface area contributed by atoms with Gasteiger partial charge < -0.3 is 14.3 Å². The van der Waals surface area contributed by atoms with Crippen molar-refractivity contribution >= 4 is 11.6 Å². The maximum Gasteiger partial charge on any atom is 0.335 e. The van der Waals surface area contributed by atoms with Crippen molar-refractivity contribution in [1.82, 2.24) is 0 Å². The molecule has 0 aliphatic heterocycles. The molecule has 1 aromatic rings. The summed E-state index contributed by atoms with van der Waals surface area (Å²) in [5.41, 5.74) is 0.325. The lowest BCUT2D eigenvalue weighted by Crippen LogP contribution is -2.59. The van der Waals surface area contributed by atoms with Crippen LogP contribution in [0.4, 0.5) is 0 Å². The van der Waals surface area contributed by atoms with Crippen molar-refractivity contribution in [3.8, 4) is 0 Å². The molecule has 1 aromatic heterocycles. The Morgan fingerprint density at radius 3 is 2.62 bits per heavy atom. The van der Waals surface area contributed by atoms with Crippen LogP contribution >= 0.6 is 11.6 Å². The van der Waals surface area contributed by atoms with Gasteiger partial charge in [-0.25, -0.2) is 4.79 Å². The monoisotopic (exact) mass is 458 g/mol. The highest BCUT2D eigenvalue weighted by Crippen LogP contribution is 2.70. The fourth-order valence-corrected chi connectivity index (χ4v) is 8.92. The van der Waals surface area contributed by atoms with E-state index in [1.165, 1.54) is 17.9 Å². The highest BCUT2D eigenvalue weighted by atomic mass is 35.5. The summed E-state index contributed by atoms with van der Waals surface area (Å²) in [7, 11) is 1.79. The molecule has 0 unspecified atom stereocenters. The summed E-state index contributed by atoms with van der Waals surface area (Å²) in [5.74, 6) is 0.658. The van der Waals surface area contributed by atoms with E-state index in [4.69, 9.17) is 20.8 Å². The van der Waals surface area contributed by atoms with E-state index in [0.717, 1.165) is 24.8 Å². The number of ether oxygens (including phenoxy) is 1.